The molecule has 7 nitrogen and oxygen atoms in total. The van der Waals surface area contributed by atoms with Crippen LogP contribution in [0.4, 0.5) is 11.4 Å². The van der Waals surface area contributed by atoms with E-state index in [1.165, 1.54) is 18.7 Å². The van der Waals surface area contributed by atoms with E-state index in [1.807, 2.05) is 30.3 Å². The first-order valence-corrected chi connectivity index (χ1v) is 9.71. The third kappa shape index (κ3) is 5.68. The molecule has 0 spiro atoms. The average Bonchev–Trinajstić information content (AvgIpc) is 2.68. The monoisotopic (exact) mass is 396 g/mol. The maximum Gasteiger partial charge on any atom is 0.234 e. The quantitative estimate of drug-likeness (QED) is 0.723. The number of hydrogen-bond acceptors (Lipinski definition) is 5. The van der Waals surface area contributed by atoms with E-state index in [0.717, 1.165) is 5.56 Å². The Kier molecular flexibility index (Phi) is 6.44. The topological polar surface area (TPSA) is 99.7 Å². The molecule has 0 saturated heterocycles. The molecular weight excluding hydrogens is 376 g/mol. The Morgan fingerprint density at radius 3 is 2.36 bits per heavy atom. The summed E-state index contributed by atoms with van der Waals surface area (Å²) < 4.78 is 0. The lowest BCUT2D eigenvalue weighted by Gasteiger charge is -2.20. The Morgan fingerprint density at radius 2 is 1.71 bits per heavy atom. The summed E-state index contributed by atoms with van der Waals surface area (Å²) in [5.74, 6) is -0.359. The molecule has 0 bridgehead atoms. The molecule has 2 aromatic carbocycles. The van der Waals surface area contributed by atoms with E-state index >= 15 is 0 Å². The van der Waals surface area contributed by atoms with Crippen LogP contribution in [0.3, 0.4) is 0 Å². The number of anilines is 2. The van der Waals surface area contributed by atoms with Gasteiger partial charge in [0.1, 0.15) is 0 Å². The molecule has 0 aliphatic carbocycles. The molecule has 8 heteroatoms. The Balaban J connectivity index is 1.55. The summed E-state index contributed by atoms with van der Waals surface area (Å²) in [6.07, 6.45) is 0.293. The smallest absolute Gasteiger partial charge is 0.234 e. The van der Waals surface area contributed by atoms with Crippen LogP contribution >= 0.6 is 11.8 Å². The SMILES string of the molecule is CC(=O)Nc1ccc(NC(=O)CSC2=N[C@@H](c3ccccc3)CC(=O)N2)cc1. The van der Waals surface area contributed by atoms with Gasteiger partial charge in [0.15, 0.2) is 5.17 Å². The Morgan fingerprint density at radius 1 is 1.07 bits per heavy atom. The van der Waals surface area contributed by atoms with Gasteiger partial charge in [-0.1, -0.05) is 42.1 Å². The Labute approximate surface area is 167 Å². The van der Waals surface area contributed by atoms with Crippen molar-refractivity contribution in [1.29, 1.82) is 0 Å². The lowest BCUT2D eigenvalue weighted by Crippen LogP contribution is -2.35. The lowest BCUT2D eigenvalue weighted by atomic mass is 10.0. The highest BCUT2D eigenvalue weighted by Gasteiger charge is 2.23. The molecule has 1 aliphatic heterocycles. The zero-order valence-corrected chi connectivity index (χ0v) is 16.1. The molecular formula is C20H20N4O3S. The fraction of sp³-hybridized carbons (Fsp3) is 0.200. The number of amides is 3. The summed E-state index contributed by atoms with van der Waals surface area (Å²) in [6.45, 7) is 1.43. The summed E-state index contributed by atoms with van der Waals surface area (Å²) in [4.78, 5) is 39.7. The second-order valence-corrected chi connectivity index (χ2v) is 7.17. The predicted octanol–water partition coefficient (Wildman–Crippen LogP) is 2.93. The number of carbonyl (C=O) groups excluding carboxylic acids is 3. The van der Waals surface area contributed by atoms with Gasteiger partial charge in [-0.15, -0.1) is 0 Å². The van der Waals surface area contributed by atoms with Gasteiger partial charge in [0.2, 0.25) is 17.7 Å². The lowest BCUT2D eigenvalue weighted by molar-refractivity contribution is -0.120. The molecule has 1 atom stereocenters. The minimum Gasteiger partial charge on any atom is -0.326 e. The molecule has 3 N–H and O–H groups in total. The van der Waals surface area contributed by atoms with Crippen molar-refractivity contribution < 1.29 is 14.4 Å². The van der Waals surface area contributed by atoms with Crippen molar-refractivity contribution in [2.24, 2.45) is 4.99 Å². The van der Waals surface area contributed by atoms with Gasteiger partial charge < -0.3 is 16.0 Å². The van der Waals surface area contributed by atoms with Crippen molar-refractivity contribution in [3.05, 3.63) is 60.2 Å². The van der Waals surface area contributed by atoms with Crippen LogP contribution in [0.5, 0.6) is 0 Å². The van der Waals surface area contributed by atoms with Crippen LogP contribution in [-0.4, -0.2) is 28.6 Å². The Bertz CT molecular complexity index is 897. The number of rotatable bonds is 5. The van der Waals surface area contributed by atoms with E-state index < -0.39 is 0 Å². The molecule has 0 fully saturated rings. The van der Waals surface area contributed by atoms with Crippen molar-refractivity contribution in [2.45, 2.75) is 19.4 Å². The van der Waals surface area contributed by atoms with Gasteiger partial charge in [-0.3, -0.25) is 19.4 Å². The zero-order valence-electron chi connectivity index (χ0n) is 15.3. The molecule has 2 aromatic rings. The van der Waals surface area contributed by atoms with Gasteiger partial charge in [0, 0.05) is 18.3 Å². The maximum atomic E-state index is 12.2. The van der Waals surface area contributed by atoms with Crippen LogP contribution in [0.15, 0.2) is 59.6 Å². The standard InChI is InChI=1S/C20H20N4O3S/c1-13(25)21-15-7-9-16(10-8-15)22-19(27)12-28-20-23-17(11-18(26)24-20)14-5-3-2-4-6-14/h2-10,17H,11-12H2,1H3,(H,21,25)(H,22,27)(H,23,24,26)/t17-/m1/s1. The van der Waals surface area contributed by atoms with E-state index in [9.17, 15) is 14.4 Å². The summed E-state index contributed by atoms with van der Waals surface area (Å²) in [6, 6.07) is 16.2. The molecule has 3 rings (SSSR count). The van der Waals surface area contributed by atoms with E-state index in [0.29, 0.717) is 23.0 Å². The van der Waals surface area contributed by atoms with Crippen molar-refractivity contribution in [3.63, 3.8) is 0 Å². The first-order chi connectivity index (χ1) is 13.5. The third-order valence-corrected chi connectivity index (χ3v) is 4.80. The van der Waals surface area contributed by atoms with Crippen LogP contribution in [0.1, 0.15) is 24.9 Å². The number of thioether (sulfide) groups is 1. The van der Waals surface area contributed by atoms with Crippen LogP contribution < -0.4 is 16.0 Å². The highest BCUT2D eigenvalue weighted by atomic mass is 32.2. The molecule has 1 heterocycles. The zero-order chi connectivity index (χ0) is 19.9. The van der Waals surface area contributed by atoms with Gasteiger partial charge in [0.25, 0.3) is 0 Å². The molecule has 28 heavy (non-hydrogen) atoms. The Hall–Kier alpha value is -3.13. The minimum atomic E-state index is -0.234. The van der Waals surface area contributed by atoms with Crippen molar-refractivity contribution in [3.8, 4) is 0 Å². The number of hydrogen-bond donors (Lipinski definition) is 3. The molecule has 3 amide bonds. The summed E-state index contributed by atoms with van der Waals surface area (Å²) in [5, 5.41) is 8.60. The third-order valence-electron chi connectivity index (χ3n) is 3.91. The fourth-order valence-electron chi connectivity index (χ4n) is 2.68. The number of nitrogens with zero attached hydrogens (tertiary/aromatic N) is 1. The van der Waals surface area contributed by atoms with Crippen LogP contribution in [0.25, 0.3) is 0 Å². The minimum absolute atomic E-state index is 0.111. The maximum absolute atomic E-state index is 12.2. The highest BCUT2D eigenvalue weighted by Crippen LogP contribution is 2.25. The number of nitrogens with one attached hydrogen (secondary N) is 3. The van der Waals surface area contributed by atoms with Crippen molar-refractivity contribution in [1.82, 2.24) is 5.32 Å². The second-order valence-electron chi connectivity index (χ2n) is 6.21. The predicted molar refractivity (Wildman–Crippen MR) is 111 cm³/mol. The van der Waals surface area contributed by atoms with Gasteiger partial charge in [-0.25, -0.2) is 0 Å². The van der Waals surface area contributed by atoms with E-state index in [1.54, 1.807) is 24.3 Å². The van der Waals surface area contributed by atoms with Gasteiger partial charge in [0.05, 0.1) is 18.2 Å². The summed E-state index contributed by atoms with van der Waals surface area (Å²) in [5.41, 5.74) is 2.25. The molecule has 0 saturated carbocycles. The van der Waals surface area contributed by atoms with E-state index in [4.69, 9.17) is 0 Å². The second kappa shape index (κ2) is 9.18. The summed E-state index contributed by atoms with van der Waals surface area (Å²) in [7, 11) is 0. The van der Waals surface area contributed by atoms with Crippen LogP contribution in [0.2, 0.25) is 0 Å². The molecule has 1 aliphatic rings. The van der Waals surface area contributed by atoms with Gasteiger partial charge in [-0.05, 0) is 29.8 Å². The number of aliphatic imine (C=N–C) groups is 1. The van der Waals surface area contributed by atoms with Crippen molar-refractivity contribution >= 4 is 46.0 Å². The van der Waals surface area contributed by atoms with Gasteiger partial charge >= 0.3 is 0 Å². The first kappa shape index (κ1) is 19.6. The average molecular weight is 396 g/mol. The largest absolute Gasteiger partial charge is 0.326 e. The normalized spacial score (nSPS) is 16.0. The molecule has 144 valence electrons. The number of benzene rings is 2. The van der Waals surface area contributed by atoms with Crippen LogP contribution in [0, 0.1) is 0 Å². The molecule has 0 unspecified atom stereocenters. The van der Waals surface area contributed by atoms with Crippen LogP contribution in [-0.2, 0) is 14.4 Å². The molecule has 0 aromatic heterocycles. The summed E-state index contributed by atoms with van der Waals surface area (Å²) >= 11 is 1.19. The highest BCUT2D eigenvalue weighted by molar-refractivity contribution is 8.14. The van der Waals surface area contributed by atoms with Gasteiger partial charge in [-0.2, -0.15) is 0 Å². The van der Waals surface area contributed by atoms with E-state index in [-0.39, 0.29) is 29.5 Å². The number of amidine groups is 1. The molecule has 0 radical (unpaired) electrons. The first-order valence-electron chi connectivity index (χ1n) is 8.72. The number of carbonyl (C=O) groups is 3. The van der Waals surface area contributed by atoms with Crippen molar-refractivity contribution in [2.75, 3.05) is 16.4 Å². The van der Waals surface area contributed by atoms with E-state index in [2.05, 4.69) is 20.9 Å². The fourth-order valence-corrected chi connectivity index (χ4v) is 3.41.